The summed E-state index contributed by atoms with van der Waals surface area (Å²) in [4.78, 5) is 6.65. The van der Waals surface area contributed by atoms with E-state index in [1.807, 2.05) is 18.2 Å². The van der Waals surface area contributed by atoms with Crippen LogP contribution in [0.3, 0.4) is 0 Å². The van der Waals surface area contributed by atoms with E-state index in [-0.39, 0.29) is 11.7 Å². The number of benzene rings is 2. The van der Waals surface area contributed by atoms with Crippen LogP contribution in [0.1, 0.15) is 6.42 Å². The fourth-order valence-electron chi connectivity index (χ4n) is 3.18. The topological polar surface area (TPSA) is 72.1 Å². The monoisotopic (exact) mass is 408 g/mol. The fraction of sp³-hybridized carbons (Fsp3) is 0.350. The standard InChI is InChI=1S/C20H23F3N4O2/c1-28-18-4-2-3-16(11-18)27-10-9-14(13-27)12-25-19(24)26-15-5-7-17(8-6-15)29-20(21,22)23/h2-8,11,14H,9-10,12-13H2,1H3,(H3,24,25,26). The Balaban J connectivity index is 1.50. The Morgan fingerprint density at radius 2 is 1.97 bits per heavy atom. The SMILES string of the molecule is COc1cccc(N2CCC(CN=C(N)Nc3ccc(OC(F)(F)F)cc3)C2)c1. The molecule has 1 heterocycles. The van der Waals surface area contributed by atoms with E-state index in [0.29, 0.717) is 18.2 Å². The Morgan fingerprint density at radius 1 is 1.21 bits per heavy atom. The Hall–Kier alpha value is -3.10. The van der Waals surface area contributed by atoms with Gasteiger partial charge in [0.15, 0.2) is 5.96 Å². The molecule has 29 heavy (non-hydrogen) atoms. The molecule has 3 N–H and O–H groups in total. The van der Waals surface area contributed by atoms with Crippen LogP contribution >= 0.6 is 0 Å². The molecule has 0 bridgehead atoms. The molecule has 2 aromatic rings. The van der Waals surface area contributed by atoms with Crippen molar-refractivity contribution in [3.8, 4) is 11.5 Å². The first kappa shape index (κ1) is 20.6. The number of ether oxygens (including phenoxy) is 2. The maximum Gasteiger partial charge on any atom is 0.573 e. The Labute approximate surface area is 167 Å². The van der Waals surface area contributed by atoms with E-state index in [1.54, 1.807) is 7.11 Å². The van der Waals surface area contributed by atoms with Gasteiger partial charge in [-0.05, 0) is 48.7 Å². The molecular weight excluding hydrogens is 385 g/mol. The number of rotatable bonds is 6. The number of methoxy groups -OCH3 is 1. The summed E-state index contributed by atoms with van der Waals surface area (Å²) in [5, 5.41) is 2.87. The average molecular weight is 408 g/mol. The van der Waals surface area contributed by atoms with Gasteiger partial charge in [0.25, 0.3) is 0 Å². The Morgan fingerprint density at radius 3 is 2.66 bits per heavy atom. The van der Waals surface area contributed by atoms with Crippen LogP contribution in [0.5, 0.6) is 11.5 Å². The number of hydrogen-bond acceptors (Lipinski definition) is 4. The highest BCUT2D eigenvalue weighted by Crippen LogP contribution is 2.27. The van der Waals surface area contributed by atoms with E-state index in [0.717, 1.165) is 30.9 Å². The van der Waals surface area contributed by atoms with Gasteiger partial charge in [0.2, 0.25) is 0 Å². The van der Waals surface area contributed by atoms with Crippen LogP contribution in [0, 0.1) is 5.92 Å². The predicted octanol–water partition coefficient (Wildman–Crippen LogP) is 3.85. The number of hydrogen-bond donors (Lipinski definition) is 2. The molecule has 1 aliphatic heterocycles. The zero-order valence-corrected chi connectivity index (χ0v) is 15.9. The summed E-state index contributed by atoms with van der Waals surface area (Å²) in [6, 6.07) is 13.3. The van der Waals surface area contributed by atoms with Crippen molar-refractivity contribution in [2.24, 2.45) is 16.6 Å². The maximum atomic E-state index is 12.2. The lowest BCUT2D eigenvalue weighted by Gasteiger charge is -2.19. The molecular formula is C20H23F3N4O2. The van der Waals surface area contributed by atoms with Crippen LogP contribution in [0.15, 0.2) is 53.5 Å². The highest BCUT2D eigenvalue weighted by Gasteiger charge is 2.31. The van der Waals surface area contributed by atoms with Gasteiger partial charge < -0.3 is 25.4 Å². The molecule has 0 spiro atoms. The van der Waals surface area contributed by atoms with Crippen molar-refractivity contribution >= 4 is 17.3 Å². The smallest absolute Gasteiger partial charge is 0.497 e. The highest BCUT2D eigenvalue weighted by atomic mass is 19.4. The molecule has 9 heteroatoms. The van der Waals surface area contributed by atoms with Gasteiger partial charge in [0.05, 0.1) is 7.11 Å². The molecule has 1 atom stereocenters. The molecule has 156 valence electrons. The number of anilines is 2. The number of nitrogens with two attached hydrogens (primary N) is 1. The lowest BCUT2D eigenvalue weighted by atomic mass is 10.1. The Kier molecular flexibility index (Phi) is 6.36. The number of guanidine groups is 1. The second-order valence-corrected chi connectivity index (χ2v) is 6.73. The number of halogens is 3. The third kappa shape index (κ3) is 6.20. The summed E-state index contributed by atoms with van der Waals surface area (Å²) in [7, 11) is 1.65. The number of nitrogens with one attached hydrogen (secondary N) is 1. The van der Waals surface area contributed by atoms with Crippen LogP contribution in [-0.2, 0) is 0 Å². The fourth-order valence-corrected chi connectivity index (χ4v) is 3.18. The minimum Gasteiger partial charge on any atom is -0.497 e. The molecule has 1 unspecified atom stereocenters. The first-order valence-electron chi connectivity index (χ1n) is 9.14. The highest BCUT2D eigenvalue weighted by molar-refractivity contribution is 5.92. The quantitative estimate of drug-likeness (QED) is 0.561. The van der Waals surface area contributed by atoms with E-state index in [9.17, 15) is 13.2 Å². The second-order valence-electron chi connectivity index (χ2n) is 6.73. The molecule has 0 aromatic heterocycles. The van der Waals surface area contributed by atoms with E-state index in [4.69, 9.17) is 10.5 Å². The van der Waals surface area contributed by atoms with Gasteiger partial charge in [-0.2, -0.15) is 0 Å². The van der Waals surface area contributed by atoms with Gasteiger partial charge in [-0.1, -0.05) is 6.07 Å². The number of alkyl halides is 3. The first-order valence-corrected chi connectivity index (χ1v) is 9.14. The summed E-state index contributed by atoms with van der Waals surface area (Å²) in [6.07, 6.45) is -3.72. The lowest BCUT2D eigenvalue weighted by Crippen LogP contribution is -2.25. The van der Waals surface area contributed by atoms with Gasteiger partial charge in [-0.25, -0.2) is 0 Å². The van der Waals surface area contributed by atoms with Crippen LogP contribution in [0.4, 0.5) is 24.5 Å². The zero-order valence-electron chi connectivity index (χ0n) is 15.9. The number of nitrogens with zero attached hydrogens (tertiary/aromatic N) is 2. The molecule has 3 rings (SSSR count). The molecule has 2 aromatic carbocycles. The third-order valence-electron chi connectivity index (χ3n) is 4.58. The van der Waals surface area contributed by atoms with Crippen molar-refractivity contribution in [1.29, 1.82) is 0 Å². The van der Waals surface area contributed by atoms with Gasteiger partial charge in [-0.3, -0.25) is 4.99 Å². The predicted molar refractivity (Wildman–Crippen MR) is 107 cm³/mol. The van der Waals surface area contributed by atoms with Gasteiger partial charge in [0.1, 0.15) is 11.5 Å². The normalized spacial score (nSPS) is 17.3. The largest absolute Gasteiger partial charge is 0.573 e. The number of aliphatic imine (C=N–C) groups is 1. The van der Waals surface area contributed by atoms with E-state index >= 15 is 0 Å². The van der Waals surface area contributed by atoms with Crippen LogP contribution in [-0.4, -0.2) is 39.1 Å². The summed E-state index contributed by atoms with van der Waals surface area (Å²) in [5.74, 6) is 1.12. The van der Waals surface area contributed by atoms with Crippen LogP contribution in [0.2, 0.25) is 0 Å². The van der Waals surface area contributed by atoms with Crippen LogP contribution in [0.25, 0.3) is 0 Å². The Bertz CT molecular complexity index is 840. The maximum absolute atomic E-state index is 12.2. The average Bonchev–Trinajstić information content (AvgIpc) is 3.16. The van der Waals surface area contributed by atoms with Crippen molar-refractivity contribution in [2.75, 3.05) is 37.0 Å². The van der Waals surface area contributed by atoms with Gasteiger partial charge in [0, 0.05) is 37.1 Å². The van der Waals surface area contributed by atoms with E-state index in [2.05, 4.69) is 26.0 Å². The van der Waals surface area contributed by atoms with Gasteiger partial charge >= 0.3 is 6.36 Å². The minimum atomic E-state index is -4.71. The van der Waals surface area contributed by atoms with Crippen molar-refractivity contribution in [1.82, 2.24) is 0 Å². The molecule has 6 nitrogen and oxygen atoms in total. The third-order valence-corrected chi connectivity index (χ3v) is 4.58. The van der Waals surface area contributed by atoms with Crippen molar-refractivity contribution < 1.29 is 22.6 Å². The molecule has 0 radical (unpaired) electrons. The molecule has 0 saturated carbocycles. The molecule has 0 amide bonds. The van der Waals surface area contributed by atoms with E-state index < -0.39 is 6.36 Å². The molecule has 1 aliphatic rings. The summed E-state index contributed by atoms with van der Waals surface area (Å²) in [6.45, 7) is 2.36. The summed E-state index contributed by atoms with van der Waals surface area (Å²) in [5.41, 5.74) is 7.55. The van der Waals surface area contributed by atoms with Gasteiger partial charge in [-0.15, -0.1) is 13.2 Å². The van der Waals surface area contributed by atoms with Crippen molar-refractivity contribution in [2.45, 2.75) is 12.8 Å². The van der Waals surface area contributed by atoms with Crippen molar-refractivity contribution in [3.63, 3.8) is 0 Å². The first-order chi connectivity index (χ1) is 13.8. The molecule has 0 aliphatic carbocycles. The molecule has 1 fully saturated rings. The van der Waals surface area contributed by atoms with Crippen LogP contribution < -0.4 is 25.4 Å². The minimum absolute atomic E-state index is 0.217. The summed E-state index contributed by atoms with van der Waals surface area (Å²) < 4.78 is 45.7. The van der Waals surface area contributed by atoms with Crippen molar-refractivity contribution in [3.05, 3.63) is 48.5 Å². The zero-order chi connectivity index (χ0) is 20.9. The summed E-state index contributed by atoms with van der Waals surface area (Å²) >= 11 is 0. The second kappa shape index (κ2) is 8.93. The molecule has 1 saturated heterocycles. The lowest BCUT2D eigenvalue weighted by molar-refractivity contribution is -0.274. The van der Waals surface area contributed by atoms with E-state index in [1.165, 1.54) is 24.3 Å².